The summed E-state index contributed by atoms with van der Waals surface area (Å²) >= 11 is 0. The molecule has 2 atom stereocenters. The van der Waals surface area contributed by atoms with Crippen LogP contribution in [0.5, 0.6) is 0 Å². The Morgan fingerprint density at radius 1 is 1.16 bits per heavy atom. The van der Waals surface area contributed by atoms with Gasteiger partial charge in [0.1, 0.15) is 0 Å². The fourth-order valence-corrected chi connectivity index (χ4v) is 4.33. The number of rotatable bonds is 9. The summed E-state index contributed by atoms with van der Waals surface area (Å²) in [4.78, 5) is 27.5. The van der Waals surface area contributed by atoms with E-state index in [1.165, 1.54) is 0 Å². The highest BCUT2D eigenvalue weighted by Gasteiger charge is 2.30. The van der Waals surface area contributed by atoms with Crippen LogP contribution < -0.4 is 10.6 Å². The van der Waals surface area contributed by atoms with Crippen molar-refractivity contribution in [2.75, 3.05) is 25.0 Å². The molecule has 7 heteroatoms. The van der Waals surface area contributed by atoms with Gasteiger partial charge in [-0.15, -0.1) is 0 Å². The summed E-state index contributed by atoms with van der Waals surface area (Å²) in [5.74, 6) is 0.143. The Hall–Kier alpha value is -2.67. The third-order valence-corrected chi connectivity index (χ3v) is 6.39. The van der Waals surface area contributed by atoms with Crippen LogP contribution in [0.2, 0.25) is 0 Å². The minimum atomic E-state index is -0.0227. The molecule has 1 aromatic heterocycles. The summed E-state index contributed by atoms with van der Waals surface area (Å²) in [6.45, 7) is 10.3. The molecule has 2 aromatic rings. The molecule has 7 nitrogen and oxygen atoms in total. The predicted octanol–water partition coefficient (Wildman–Crippen LogP) is 3.83. The molecule has 32 heavy (non-hydrogen) atoms. The van der Waals surface area contributed by atoms with Gasteiger partial charge in [-0.1, -0.05) is 31.5 Å². The second-order valence-electron chi connectivity index (χ2n) is 8.85. The largest absolute Gasteiger partial charge is 0.356 e. The molecular weight excluding hydrogens is 402 g/mol. The van der Waals surface area contributed by atoms with Crippen LogP contribution in [0, 0.1) is 19.8 Å². The summed E-state index contributed by atoms with van der Waals surface area (Å²) in [6, 6.07) is 10.3. The van der Waals surface area contributed by atoms with Crippen molar-refractivity contribution in [3.8, 4) is 5.69 Å². The highest BCUT2D eigenvalue weighted by Crippen LogP contribution is 2.24. The van der Waals surface area contributed by atoms with Crippen LogP contribution in [0.4, 0.5) is 5.69 Å². The van der Waals surface area contributed by atoms with Gasteiger partial charge in [0.25, 0.3) is 0 Å². The van der Waals surface area contributed by atoms with Gasteiger partial charge in [-0.25, -0.2) is 4.68 Å². The lowest BCUT2D eigenvalue weighted by atomic mass is 9.92. The molecular formula is C25H37N5O2. The average molecular weight is 440 g/mol. The van der Waals surface area contributed by atoms with Gasteiger partial charge in [0.2, 0.25) is 11.8 Å². The Morgan fingerprint density at radius 3 is 2.62 bits per heavy atom. The summed E-state index contributed by atoms with van der Waals surface area (Å²) < 4.78 is 1.86. The van der Waals surface area contributed by atoms with Crippen molar-refractivity contribution in [2.45, 2.75) is 65.8 Å². The standard InChI is InChI=1S/C25H37N5O2/c1-5-6-15-26-25(32)21-13-12-18(2)29(17-21)16-14-23(31)27-24-19(3)28-30(20(24)4)22-10-8-7-9-11-22/h7-11,18,21H,5-6,12-17H2,1-4H3,(H,26,32)(H,27,31). The number of piperidine rings is 1. The maximum Gasteiger partial charge on any atom is 0.225 e. The summed E-state index contributed by atoms with van der Waals surface area (Å²) in [5, 5.41) is 10.7. The molecule has 1 aliphatic rings. The van der Waals surface area contributed by atoms with E-state index in [-0.39, 0.29) is 17.7 Å². The van der Waals surface area contributed by atoms with E-state index in [1.54, 1.807) is 0 Å². The lowest BCUT2D eigenvalue weighted by Crippen LogP contribution is -2.47. The fourth-order valence-electron chi connectivity index (χ4n) is 4.33. The Bertz CT molecular complexity index is 909. The minimum absolute atomic E-state index is 0.0136. The number of para-hydroxylation sites is 1. The van der Waals surface area contributed by atoms with Crippen LogP contribution in [0.25, 0.3) is 5.69 Å². The highest BCUT2D eigenvalue weighted by atomic mass is 16.2. The van der Waals surface area contributed by atoms with Crippen molar-refractivity contribution in [3.05, 3.63) is 41.7 Å². The number of unbranched alkanes of at least 4 members (excludes halogenated alkanes) is 1. The number of hydrogen-bond acceptors (Lipinski definition) is 4. The van der Waals surface area contributed by atoms with Gasteiger partial charge in [0, 0.05) is 32.1 Å². The molecule has 0 bridgehead atoms. The molecule has 1 aromatic carbocycles. The van der Waals surface area contributed by atoms with E-state index in [1.807, 2.05) is 48.9 Å². The second-order valence-corrected chi connectivity index (χ2v) is 8.85. The van der Waals surface area contributed by atoms with E-state index in [0.29, 0.717) is 19.0 Å². The lowest BCUT2D eigenvalue weighted by molar-refractivity contribution is -0.127. The third-order valence-electron chi connectivity index (χ3n) is 6.39. The molecule has 1 aliphatic heterocycles. The number of amides is 2. The Balaban J connectivity index is 1.55. The van der Waals surface area contributed by atoms with Gasteiger partial charge >= 0.3 is 0 Å². The van der Waals surface area contributed by atoms with E-state index in [9.17, 15) is 9.59 Å². The highest BCUT2D eigenvalue weighted by molar-refractivity contribution is 5.92. The van der Waals surface area contributed by atoms with Crippen LogP contribution in [0.3, 0.4) is 0 Å². The smallest absolute Gasteiger partial charge is 0.225 e. The van der Waals surface area contributed by atoms with Crippen LogP contribution in [0.1, 0.15) is 57.3 Å². The topological polar surface area (TPSA) is 79.3 Å². The molecule has 0 spiro atoms. The van der Waals surface area contributed by atoms with Crippen molar-refractivity contribution in [3.63, 3.8) is 0 Å². The van der Waals surface area contributed by atoms with E-state index < -0.39 is 0 Å². The molecule has 1 fully saturated rings. The Kier molecular flexibility index (Phi) is 8.45. The maximum absolute atomic E-state index is 12.7. The van der Waals surface area contributed by atoms with Gasteiger partial charge in [-0.2, -0.15) is 5.10 Å². The van der Waals surface area contributed by atoms with Crippen LogP contribution in [-0.4, -0.2) is 52.2 Å². The Labute approximate surface area is 191 Å². The fraction of sp³-hybridized carbons (Fsp3) is 0.560. The van der Waals surface area contributed by atoms with Crippen LogP contribution >= 0.6 is 0 Å². The molecule has 174 valence electrons. The molecule has 2 heterocycles. The first-order valence-corrected chi connectivity index (χ1v) is 11.8. The number of nitrogens with one attached hydrogen (secondary N) is 2. The first kappa shape index (κ1) is 24.0. The summed E-state index contributed by atoms with van der Waals surface area (Å²) in [7, 11) is 0. The zero-order valence-electron chi connectivity index (χ0n) is 19.9. The van der Waals surface area contributed by atoms with Crippen molar-refractivity contribution >= 4 is 17.5 Å². The molecule has 0 saturated carbocycles. The molecule has 0 radical (unpaired) electrons. The number of nitrogens with zero attached hydrogens (tertiary/aromatic N) is 3. The molecule has 2 N–H and O–H groups in total. The first-order chi connectivity index (χ1) is 15.4. The number of aromatic nitrogens is 2. The number of aryl methyl sites for hydroxylation is 1. The molecule has 2 amide bonds. The summed E-state index contributed by atoms with van der Waals surface area (Å²) in [6.07, 6.45) is 4.38. The molecule has 1 saturated heterocycles. The number of anilines is 1. The third kappa shape index (κ3) is 5.97. The van der Waals surface area contributed by atoms with E-state index in [2.05, 4.69) is 34.5 Å². The van der Waals surface area contributed by atoms with Crippen molar-refractivity contribution in [1.29, 1.82) is 0 Å². The average Bonchev–Trinajstić information content (AvgIpc) is 3.07. The Morgan fingerprint density at radius 2 is 1.91 bits per heavy atom. The summed E-state index contributed by atoms with van der Waals surface area (Å²) in [5.41, 5.74) is 3.46. The van der Waals surface area contributed by atoms with E-state index in [4.69, 9.17) is 0 Å². The molecule has 0 aliphatic carbocycles. The predicted molar refractivity (Wildman–Crippen MR) is 128 cm³/mol. The molecule has 2 unspecified atom stereocenters. The van der Waals surface area contributed by atoms with Gasteiger partial charge < -0.3 is 10.6 Å². The van der Waals surface area contributed by atoms with Crippen LogP contribution in [0.15, 0.2) is 30.3 Å². The normalized spacial score (nSPS) is 19.0. The van der Waals surface area contributed by atoms with E-state index >= 15 is 0 Å². The number of likely N-dealkylation sites (tertiary alicyclic amines) is 1. The zero-order chi connectivity index (χ0) is 23.1. The minimum Gasteiger partial charge on any atom is -0.356 e. The van der Waals surface area contributed by atoms with Gasteiger partial charge in [0.05, 0.1) is 28.7 Å². The number of carbonyl (C=O) groups excluding carboxylic acids is 2. The maximum atomic E-state index is 12.7. The van der Waals surface area contributed by atoms with Gasteiger partial charge in [0.15, 0.2) is 0 Å². The van der Waals surface area contributed by atoms with Crippen molar-refractivity contribution in [1.82, 2.24) is 20.0 Å². The monoisotopic (exact) mass is 439 g/mol. The van der Waals surface area contributed by atoms with Crippen LogP contribution in [-0.2, 0) is 9.59 Å². The molecule has 3 rings (SSSR count). The van der Waals surface area contributed by atoms with E-state index in [0.717, 1.165) is 61.5 Å². The first-order valence-electron chi connectivity index (χ1n) is 11.8. The second kappa shape index (κ2) is 11.3. The van der Waals surface area contributed by atoms with Gasteiger partial charge in [-0.3, -0.25) is 14.5 Å². The number of benzene rings is 1. The van der Waals surface area contributed by atoms with Crippen molar-refractivity contribution < 1.29 is 9.59 Å². The zero-order valence-corrected chi connectivity index (χ0v) is 19.9. The number of hydrogen-bond donors (Lipinski definition) is 2. The number of carbonyl (C=O) groups is 2. The van der Waals surface area contributed by atoms with Gasteiger partial charge in [-0.05, 0) is 52.2 Å². The van der Waals surface area contributed by atoms with Crippen molar-refractivity contribution in [2.24, 2.45) is 5.92 Å². The SMILES string of the molecule is CCCCNC(=O)C1CCC(C)N(CCC(=O)Nc2c(C)nn(-c3ccccc3)c2C)C1. The quantitative estimate of drug-likeness (QED) is 0.582. The lowest BCUT2D eigenvalue weighted by Gasteiger charge is -2.37.